The van der Waals surface area contributed by atoms with Crippen molar-refractivity contribution in [2.75, 3.05) is 0 Å². The van der Waals surface area contributed by atoms with Crippen molar-refractivity contribution in [3.8, 4) is 39.6 Å². The van der Waals surface area contributed by atoms with Gasteiger partial charge < -0.3 is 9.30 Å². The minimum Gasteiger partial charge on any atom is -0.509 e. The van der Waals surface area contributed by atoms with Crippen LogP contribution in [0.3, 0.4) is 0 Å². The zero-order valence-electron chi connectivity index (χ0n) is 43.3. The first-order chi connectivity index (χ1) is 33.4. The van der Waals surface area contributed by atoms with E-state index < -0.39 is 0 Å². The first kappa shape index (κ1) is 48.5. The van der Waals surface area contributed by atoms with E-state index in [4.69, 9.17) is 9.72 Å². The third-order valence-electron chi connectivity index (χ3n) is 14.9. The summed E-state index contributed by atoms with van der Waals surface area (Å²) in [6.45, 7) is 30.0. The number of rotatable bonds is 10. The second-order valence-electron chi connectivity index (χ2n) is 22.7. The summed E-state index contributed by atoms with van der Waals surface area (Å²) in [5.74, 6) is 3.30. The van der Waals surface area contributed by atoms with E-state index in [0.717, 1.165) is 33.3 Å². The number of benzene rings is 7. The van der Waals surface area contributed by atoms with Gasteiger partial charge in [-0.15, -0.1) is 35.2 Å². The monoisotopic (exact) mass is 1110 g/mol. The largest absolute Gasteiger partial charge is 0.509 e. The van der Waals surface area contributed by atoms with Crippen molar-refractivity contribution in [3.05, 3.63) is 198 Å². The molecular formula is C65H65N4OPt-. The van der Waals surface area contributed by atoms with Gasteiger partial charge in [-0.2, -0.15) is 10.7 Å². The fourth-order valence-corrected chi connectivity index (χ4v) is 10.9. The van der Waals surface area contributed by atoms with Gasteiger partial charge in [0.1, 0.15) is 5.82 Å². The first-order valence-electron chi connectivity index (χ1n) is 25.2. The summed E-state index contributed by atoms with van der Waals surface area (Å²) in [6.07, 6.45) is 1.97. The second-order valence-corrected chi connectivity index (χ2v) is 22.7. The van der Waals surface area contributed by atoms with Gasteiger partial charge in [0.05, 0.1) is 5.69 Å². The van der Waals surface area contributed by atoms with Gasteiger partial charge in [0.2, 0.25) is 11.4 Å². The third kappa shape index (κ3) is 7.91. The second kappa shape index (κ2) is 17.6. The fourth-order valence-electron chi connectivity index (χ4n) is 10.9. The van der Waals surface area contributed by atoms with E-state index in [1.54, 1.807) is 0 Å². The van der Waals surface area contributed by atoms with E-state index in [9.17, 15) is 0 Å². The van der Waals surface area contributed by atoms with Crippen LogP contribution in [-0.2, 0) is 31.9 Å². The number of pyridine rings is 1. The van der Waals surface area contributed by atoms with Crippen LogP contribution in [0.1, 0.15) is 129 Å². The summed E-state index contributed by atoms with van der Waals surface area (Å²) in [7, 11) is 0. The Labute approximate surface area is 436 Å². The van der Waals surface area contributed by atoms with Crippen LogP contribution in [0.5, 0.6) is 11.5 Å². The molecule has 5 nitrogen and oxygen atoms in total. The molecule has 0 N–H and O–H groups in total. The number of aromatic nitrogens is 2. The molecule has 9 aromatic rings. The Hall–Kier alpha value is -6.10. The van der Waals surface area contributed by atoms with Crippen molar-refractivity contribution in [1.82, 2.24) is 18.7 Å². The SMILES string of the molecule is CC(C)c1cc(C(C)C)c(-c2ccnc(-n3c4[c-]c(Oc5[c-]c([N+]67[CH-][N@+]6(c6cc(-c8ccccc8)cc(C(C)(C)C)c6)c6ccccc67)cc(C(C)(C)C)c5)ccc4c4ccccc43)c2)c(C(C)C)c1.[Pt]. The summed E-state index contributed by atoms with van der Waals surface area (Å²) >= 11 is 0. The fraction of sp³-hybridized carbons (Fsp3) is 0.262. The Kier molecular flexibility index (Phi) is 12.0. The molecule has 0 amide bonds. The Bertz CT molecular complexity index is 3490. The molecule has 0 bridgehead atoms. The summed E-state index contributed by atoms with van der Waals surface area (Å²) in [4.78, 5) is 5.09. The average Bonchev–Trinajstić information content (AvgIpc) is 3.83. The predicted molar refractivity (Wildman–Crippen MR) is 293 cm³/mol. The summed E-state index contributed by atoms with van der Waals surface area (Å²) in [5.41, 5.74) is 18.1. The molecule has 1 unspecified atom stereocenters. The maximum Gasteiger partial charge on any atom is 0.225 e. The average molecular weight is 1110 g/mol. The van der Waals surface area contributed by atoms with Gasteiger partial charge in [-0.1, -0.05) is 174 Å². The number of para-hydroxylation sites is 3. The molecular weight excluding hydrogens is 1050 g/mol. The van der Waals surface area contributed by atoms with Crippen molar-refractivity contribution < 1.29 is 25.8 Å². The maximum absolute atomic E-state index is 7.03. The number of quaternary nitrogens is 2. The van der Waals surface area contributed by atoms with Gasteiger partial charge in [0, 0.05) is 68.5 Å². The van der Waals surface area contributed by atoms with Crippen LogP contribution >= 0.6 is 0 Å². The first-order valence-corrected chi connectivity index (χ1v) is 25.2. The van der Waals surface area contributed by atoms with E-state index in [1.165, 1.54) is 67.1 Å². The molecule has 11 rings (SSSR count). The van der Waals surface area contributed by atoms with Gasteiger partial charge in [-0.05, 0) is 96.7 Å². The van der Waals surface area contributed by atoms with Gasteiger partial charge in [-0.25, -0.2) is 9.58 Å². The molecule has 0 radical (unpaired) electrons. The Morgan fingerprint density at radius 1 is 0.549 bits per heavy atom. The minimum absolute atomic E-state index is 0. The molecule has 2 atom stereocenters. The summed E-state index contributed by atoms with van der Waals surface area (Å²) < 4.78 is 10.4. The van der Waals surface area contributed by atoms with Gasteiger partial charge in [0.25, 0.3) is 0 Å². The van der Waals surface area contributed by atoms with E-state index >= 15 is 0 Å². The topological polar surface area (TPSA) is 27.1 Å². The molecule has 362 valence electrons. The van der Waals surface area contributed by atoms with Crippen LogP contribution in [0.25, 0.3) is 49.9 Å². The van der Waals surface area contributed by atoms with E-state index in [-0.39, 0.29) is 31.9 Å². The molecule has 4 heterocycles. The standard InChI is InChI=1S/C65H65N4O.Pt/c1-41(2)46-32-56(42(3)4)63(57(33-46)43(5)6)45-28-29-66-62(34-45)67-58-23-17-16-22-54(58)55-27-26-52(39-59(55)67)70-53-37-49(65(10,11)12)36-51(38-53)69-40-68(69,60-24-18-19-25-61(60)69)50-31-47(44-20-14-13-15-21-44)30-48(35-50)64(7,8)9;/h13-37,40-43H,1-12H3;/q-1;/t68-,69?;/m0./s1. The quantitative estimate of drug-likeness (QED) is 0.0775. The Morgan fingerprint density at radius 3 is 1.85 bits per heavy atom. The van der Waals surface area contributed by atoms with Crippen molar-refractivity contribution in [2.45, 2.75) is 112 Å². The zero-order chi connectivity index (χ0) is 49.1. The van der Waals surface area contributed by atoms with Crippen LogP contribution in [0, 0.1) is 18.8 Å². The van der Waals surface area contributed by atoms with E-state index in [1.807, 2.05) is 6.20 Å². The van der Waals surface area contributed by atoms with Crippen molar-refractivity contribution in [2.24, 2.45) is 0 Å². The number of hydrogen-bond donors (Lipinski definition) is 0. The van der Waals surface area contributed by atoms with Crippen molar-refractivity contribution in [3.63, 3.8) is 0 Å². The van der Waals surface area contributed by atoms with E-state index in [2.05, 4.69) is 252 Å². The smallest absolute Gasteiger partial charge is 0.225 e. The molecule has 71 heavy (non-hydrogen) atoms. The van der Waals surface area contributed by atoms with Crippen molar-refractivity contribution in [1.29, 1.82) is 0 Å². The molecule has 0 aliphatic carbocycles. The molecule has 2 aliphatic rings. The van der Waals surface area contributed by atoms with Crippen LogP contribution in [-0.4, -0.2) is 9.55 Å². The molecule has 7 aromatic carbocycles. The van der Waals surface area contributed by atoms with E-state index in [0.29, 0.717) is 38.4 Å². The Morgan fingerprint density at radius 2 is 1.18 bits per heavy atom. The van der Waals surface area contributed by atoms with Crippen LogP contribution in [0.2, 0.25) is 0 Å². The molecule has 1 fully saturated rings. The van der Waals surface area contributed by atoms with Crippen LogP contribution in [0.4, 0.5) is 22.7 Å². The van der Waals surface area contributed by atoms with Gasteiger partial charge in [-0.3, -0.25) is 0 Å². The normalized spacial score (nSPS) is 17.3. The predicted octanol–water partition coefficient (Wildman–Crippen LogP) is 18.2. The number of hydrogen-bond acceptors (Lipinski definition) is 2. The molecule has 2 aromatic heterocycles. The third-order valence-corrected chi connectivity index (χ3v) is 14.9. The molecule has 0 spiro atoms. The molecule has 0 saturated carbocycles. The number of nitrogens with zero attached hydrogens (tertiary/aromatic N) is 4. The molecule has 1 saturated heterocycles. The Balaban J connectivity index is 0.00000582. The van der Waals surface area contributed by atoms with Crippen LogP contribution in [0.15, 0.2) is 152 Å². The summed E-state index contributed by atoms with van der Waals surface area (Å²) in [6, 6.07) is 61.2. The van der Waals surface area contributed by atoms with Crippen molar-refractivity contribution >= 4 is 44.6 Å². The van der Waals surface area contributed by atoms with Gasteiger partial charge >= 0.3 is 0 Å². The molecule has 2 aliphatic heterocycles. The number of ether oxygens (including phenoxy) is 1. The minimum atomic E-state index is -0.167. The zero-order valence-corrected chi connectivity index (χ0v) is 45.5. The molecule has 6 heteroatoms. The number of fused-ring (bicyclic) bond motifs is 7. The van der Waals surface area contributed by atoms with Gasteiger partial charge in [0.15, 0.2) is 12.4 Å². The maximum atomic E-state index is 7.03. The summed E-state index contributed by atoms with van der Waals surface area (Å²) in [5, 5.41) is 2.24. The van der Waals surface area contributed by atoms with Crippen LogP contribution < -0.4 is 13.9 Å².